The number of esters is 1. The van der Waals surface area contributed by atoms with Gasteiger partial charge < -0.3 is 34.6 Å². The SMILES string of the molecule is C=C1C(=O)O[C@@H]2[C@H]3C(C)=C(O[C@@H]4O[C@H](CO)[C@@H](O)[C@@H](O)[C@@H]4O)C(=O)C3=C(C)CC[C@@H]12. The molecule has 0 spiro atoms. The summed E-state index contributed by atoms with van der Waals surface area (Å²) >= 11 is 0. The number of hydrogen-bond acceptors (Lipinski definition) is 9. The first-order chi connectivity index (χ1) is 14.2. The Morgan fingerprint density at radius 2 is 1.83 bits per heavy atom. The van der Waals surface area contributed by atoms with Gasteiger partial charge in [-0.25, -0.2) is 4.79 Å². The van der Waals surface area contributed by atoms with E-state index in [0.29, 0.717) is 29.6 Å². The maximum Gasteiger partial charge on any atom is 0.334 e. The number of rotatable bonds is 3. The second-order valence-electron chi connectivity index (χ2n) is 8.37. The maximum atomic E-state index is 13.2. The number of aliphatic hydroxyl groups excluding tert-OH is 4. The van der Waals surface area contributed by atoms with E-state index >= 15 is 0 Å². The molecule has 2 fully saturated rings. The van der Waals surface area contributed by atoms with E-state index < -0.39 is 55.3 Å². The topological polar surface area (TPSA) is 143 Å². The van der Waals surface area contributed by atoms with Crippen molar-refractivity contribution in [1.82, 2.24) is 0 Å². The van der Waals surface area contributed by atoms with E-state index in [1.54, 1.807) is 6.92 Å². The smallest absolute Gasteiger partial charge is 0.334 e. The third-order valence-corrected chi connectivity index (χ3v) is 6.64. The van der Waals surface area contributed by atoms with E-state index in [2.05, 4.69) is 6.58 Å². The van der Waals surface area contributed by atoms with Gasteiger partial charge in [0, 0.05) is 17.1 Å². The monoisotopic (exact) mass is 422 g/mol. The van der Waals surface area contributed by atoms with Gasteiger partial charge >= 0.3 is 5.97 Å². The fraction of sp³-hybridized carbons (Fsp3) is 0.619. The van der Waals surface area contributed by atoms with E-state index in [4.69, 9.17) is 14.2 Å². The van der Waals surface area contributed by atoms with Crippen LogP contribution in [0.5, 0.6) is 0 Å². The molecule has 0 radical (unpaired) electrons. The highest BCUT2D eigenvalue weighted by molar-refractivity contribution is 6.12. The normalized spacial score (nSPS) is 41.6. The van der Waals surface area contributed by atoms with Crippen molar-refractivity contribution in [2.75, 3.05) is 6.61 Å². The largest absolute Gasteiger partial charge is 0.458 e. The summed E-state index contributed by atoms with van der Waals surface area (Å²) < 4.78 is 16.6. The van der Waals surface area contributed by atoms with Gasteiger partial charge in [-0.15, -0.1) is 0 Å². The zero-order valence-corrected chi connectivity index (χ0v) is 16.8. The van der Waals surface area contributed by atoms with Crippen LogP contribution < -0.4 is 0 Å². The Morgan fingerprint density at radius 3 is 2.50 bits per heavy atom. The standard InChI is InChI=1S/C21H26O9/c1-7-4-5-10-8(2)20(27)29-19(10)13-9(3)18(15(24)12(7)13)30-21-17(26)16(25)14(23)11(6-22)28-21/h10-11,13-14,16-17,19,21-23,25-26H,2,4-6H2,1,3H3/t10-,11+,13-,14+,16+,17-,19-,21-/m0/s1. The Bertz CT molecular complexity index is 855. The Kier molecular flexibility index (Phi) is 5.36. The minimum absolute atomic E-state index is 0.0482. The van der Waals surface area contributed by atoms with E-state index in [1.807, 2.05) is 6.92 Å². The van der Waals surface area contributed by atoms with Crippen LogP contribution in [0.15, 0.2) is 34.6 Å². The summed E-state index contributed by atoms with van der Waals surface area (Å²) in [5.41, 5.74) is 2.31. The van der Waals surface area contributed by atoms with Crippen molar-refractivity contribution in [3.63, 3.8) is 0 Å². The Labute approximate surface area is 173 Å². The summed E-state index contributed by atoms with van der Waals surface area (Å²) in [5, 5.41) is 39.5. The van der Waals surface area contributed by atoms with Crippen molar-refractivity contribution in [3.05, 3.63) is 34.6 Å². The maximum absolute atomic E-state index is 13.2. The summed E-state index contributed by atoms with van der Waals surface area (Å²) in [7, 11) is 0. The highest BCUT2D eigenvalue weighted by Gasteiger charge is 2.53. The minimum Gasteiger partial charge on any atom is -0.458 e. The van der Waals surface area contributed by atoms with Crippen molar-refractivity contribution < 1.29 is 44.2 Å². The average Bonchev–Trinajstić information content (AvgIpc) is 3.06. The number of carbonyl (C=O) groups excluding carboxylic acids is 2. The third-order valence-electron chi connectivity index (χ3n) is 6.64. The lowest BCUT2D eigenvalue weighted by molar-refractivity contribution is -0.290. The first kappa shape index (κ1) is 21.2. The van der Waals surface area contributed by atoms with Gasteiger partial charge in [0.2, 0.25) is 12.1 Å². The molecular formula is C21H26O9. The summed E-state index contributed by atoms with van der Waals surface area (Å²) in [4.78, 5) is 25.3. The van der Waals surface area contributed by atoms with E-state index in [1.165, 1.54) is 0 Å². The number of allylic oxidation sites excluding steroid dienone is 2. The molecule has 8 atom stereocenters. The number of ether oxygens (including phenoxy) is 3. The number of Topliss-reactive ketones (excluding diaryl/α,β-unsaturated/α-hetero) is 1. The lowest BCUT2D eigenvalue weighted by Crippen LogP contribution is -2.59. The van der Waals surface area contributed by atoms with Gasteiger partial charge in [0.05, 0.1) is 12.5 Å². The molecule has 0 aromatic heterocycles. The number of fused-ring (bicyclic) bond motifs is 3. The molecule has 4 N–H and O–H groups in total. The molecule has 2 aliphatic carbocycles. The van der Waals surface area contributed by atoms with Crippen molar-refractivity contribution in [2.24, 2.45) is 11.8 Å². The molecule has 0 bridgehead atoms. The van der Waals surface area contributed by atoms with Gasteiger partial charge in [0.1, 0.15) is 30.5 Å². The van der Waals surface area contributed by atoms with Gasteiger partial charge in [-0.05, 0) is 32.3 Å². The second-order valence-corrected chi connectivity index (χ2v) is 8.37. The molecule has 0 amide bonds. The van der Waals surface area contributed by atoms with Crippen LogP contribution in [-0.4, -0.2) is 75.6 Å². The average molecular weight is 422 g/mol. The Morgan fingerprint density at radius 1 is 1.13 bits per heavy atom. The Balaban J connectivity index is 1.67. The molecule has 0 aromatic rings. The van der Waals surface area contributed by atoms with Crippen LogP contribution >= 0.6 is 0 Å². The van der Waals surface area contributed by atoms with Crippen molar-refractivity contribution in [1.29, 1.82) is 0 Å². The molecule has 0 saturated carbocycles. The molecule has 2 heterocycles. The summed E-state index contributed by atoms with van der Waals surface area (Å²) in [6.45, 7) is 6.79. The summed E-state index contributed by atoms with van der Waals surface area (Å²) in [6.07, 6.45) is -6.69. The lowest BCUT2D eigenvalue weighted by Gasteiger charge is -2.39. The first-order valence-electron chi connectivity index (χ1n) is 9.99. The highest BCUT2D eigenvalue weighted by atomic mass is 16.7. The van der Waals surface area contributed by atoms with E-state index in [9.17, 15) is 30.0 Å². The fourth-order valence-electron chi connectivity index (χ4n) is 4.87. The zero-order chi connectivity index (χ0) is 21.9. The van der Waals surface area contributed by atoms with Crippen LogP contribution in [0.25, 0.3) is 0 Å². The number of hydrogen-bond donors (Lipinski definition) is 4. The summed E-state index contributed by atoms with van der Waals surface area (Å²) in [5.74, 6) is -1.60. The van der Waals surface area contributed by atoms with Crippen LogP contribution in [0.3, 0.4) is 0 Å². The van der Waals surface area contributed by atoms with Gasteiger partial charge in [0.15, 0.2) is 5.76 Å². The van der Waals surface area contributed by atoms with Crippen molar-refractivity contribution >= 4 is 11.8 Å². The van der Waals surface area contributed by atoms with Gasteiger partial charge in [-0.2, -0.15) is 0 Å². The number of ketones is 1. The highest BCUT2D eigenvalue weighted by Crippen LogP contribution is 2.49. The van der Waals surface area contributed by atoms with Crippen molar-refractivity contribution in [2.45, 2.75) is 63.5 Å². The fourth-order valence-corrected chi connectivity index (χ4v) is 4.87. The minimum atomic E-state index is -1.63. The summed E-state index contributed by atoms with van der Waals surface area (Å²) in [6, 6.07) is 0. The van der Waals surface area contributed by atoms with Crippen LogP contribution in [0.2, 0.25) is 0 Å². The van der Waals surface area contributed by atoms with Crippen molar-refractivity contribution in [3.8, 4) is 0 Å². The molecule has 9 heteroatoms. The van der Waals surface area contributed by atoms with Gasteiger partial charge in [0.25, 0.3) is 0 Å². The number of aliphatic hydroxyl groups is 4. The molecular weight excluding hydrogens is 396 g/mol. The molecule has 4 rings (SSSR count). The second kappa shape index (κ2) is 7.58. The molecule has 2 aliphatic heterocycles. The predicted octanol–water partition coefficient (Wildman–Crippen LogP) is -0.516. The quantitative estimate of drug-likeness (QED) is 0.349. The third kappa shape index (κ3) is 3.04. The molecule has 0 unspecified atom stereocenters. The number of carbonyl (C=O) groups is 2. The van der Waals surface area contributed by atoms with Crippen LogP contribution in [0, 0.1) is 11.8 Å². The van der Waals surface area contributed by atoms with Gasteiger partial charge in [-0.3, -0.25) is 4.79 Å². The molecule has 9 nitrogen and oxygen atoms in total. The molecule has 30 heavy (non-hydrogen) atoms. The van der Waals surface area contributed by atoms with Gasteiger partial charge in [-0.1, -0.05) is 12.2 Å². The molecule has 4 aliphatic rings. The zero-order valence-electron chi connectivity index (χ0n) is 16.8. The Hall–Kier alpha value is -2.04. The van der Waals surface area contributed by atoms with Crippen LogP contribution in [0.1, 0.15) is 26.7 Å². The first-order valence-corrected chi connectivity index (χ1v) is 9.99. The predicted molar refractivity (Wildman–Crippen MR) is 100 cm³/mol. The molecule has 2 saturated heterocycles. The molecule has 164 valence electrons. The van der Waals surface area contributed by atoms with Crippen LogP contribution in [-0.2, 0) is 23.8 Å². The van der Waals surface area contributed by atoms with E-state index in [0.717, 1.165) is 5.57 Å². The van der Waals surface area contributed by atoms with E-state index in [-0.39, 0.29) is 17.5 Å². The van der Waals surface area contributed by atoms with Crippen LogP contribution in [0.4, 0.5) is 0 Å². The lowest BCUT2D eigenvalue weighted by atomic mass is 9.83. The molecule has 0 aromatic carbocycles.